The Morgan fingerprint density at radius 2 is 1.26 bits per heavy atom. The molecule has 0 spiro atoms. The van der Waals surface area contributed by atoms with Crippen molar-refractivity contribution in [1.82, 2.24) is 67.4 Å². The van der Waals surface area contributed by atoms with E-state index < -0.39 is 138 Å². The number of fused-ring (bicyclic) bond motifs is 5. The Balaban J connectivity index is 1.04. The number of nitrogens with one attached hydrogen (secondary N) is 11. The molecule has 9 atom stereocenters. The number of aliphatic hydroxyl groups excluding tert-OH is 1. The molecule has 1 fully saturated rings. The molecule has 10 amide bonds. The number of nitrogens with two attached hydrogens (primary N) is 2. The second kappa shape index (κ2) is 35.1. The van der Waals surface area contributed by atoms with E-state index >= 15 is 14.4 Å². The summed E-state index contributed by atoms with van der Waals surface area (Å²) in [5.41, 5.74) is 15.8. The van der Waals surface area contributed by atoms with Crippen LogP contribution < -0.4 is 54.0 Å². The number of H-pyrrole nitrogens is 3. The molecule has 9 rings (SSSR count). The van der Waals surface area contributed by atoms with E-state index in [2.05, 4.69) is 62.5 Å². The van der Waals surface area contributed by atoms with Crippen LogP contribution in [0.2, 0.25) is 0 Å². The third-order valence-corrected chi connectivity index (χ3v) is 19.2. The highest BCUT2D eigenvalue weighted by Gasteiger charge is 2.41. The first-order valence-electron chi connectivity index (χ1n) is 32.4. The molecule has 2 bridgehead atoms. The molecule has 31 heteroatoms. The third-order valence-electron chi connectivity index (χ3n) is 17.1. The number of unbranched alkanes of at least 4 members (excludes halogenated alkanes) is 1. The summed E-state index contributed by atoms with van der Waals surface area (Å²) >= 11 is 2.81. The number of hydrogen-bond donors (Lipinski definition) is 15. The molecule has 17 N–H and O–H groups in total. The lowest BCUT2D eigenvalue weighted by Crippen LogP contribution is -2.62. The standard InChI is InChI=1S/C68H81F2N15O12S2/c1-37(86)60-67(96)81-54(28-45-31-73-36-77-45)64(93)82-55(23-38-10-14-46(87)15-11-38)68(97)85-20-5-9-57(85)66(95)83-56(61(72)90)35-99-34-40-7-4-6-39(22-40)33-98-21-18-58(88)78-51(8-2-3-19-71)62(91)76-32-59(89)79-52(24-41-29-74-49-16-12-43(69)26-47(41)49)63(92)80-53(65(94)84-60)25-42-30-75-50-17-13-44(70)27-48(42)50/h4,6-7,10-17,22,26-27,29-31,36-37,51-57,60,74-75,86-87H,2-3,5,8-9,18-21,23-25,28,32-35,71H2,1H3,(H2,72,90)(H,73,77)(H,76,91)(H,78,88)(H,79,89)(H,80,92)(H,81,96)(H,82,93)(H,83,95)(H,84,94)/t37-,51+,52+,53+,54+,55+,56+,57+,60+/m1/s1. The summed E-state index contributed by atoms with van der Waals surface area (Å²) in [4.78, 5) is 158. The molecule has 0 radical (unpaired) electrons. The Kier molecular flexibility index (Phi) is 26.0. The van der Waals surface area contributed by atoms with E-state index in [0.29, 0.717) is 87.3 Å². The Morgan fingerprint density at radius 3 is 1.89 bits per heavy atom. The van der Waals surface area contributed by atoms with Crippen molar-refractivity contribution in [2.75, 3.05) is 31.1 Å². The average Bonchev–Trinajstić information content (AvgIpc) is 1.73. The molecule has 2 aliphatic heterocycles. The predicted molar refractivity (Wildman–Crippen MR) is 366 cm³/mol. The van der Waals surface area contributed by atoms with Crippen LogP contribution in [0, 0.1) is 11.6 Å². The molecule has 3 aromatic heterocycles. The molecule has 4 aromatic carbocycles. The zero-order valence-electron chi connectivity index (χ0n) is 54.2. The van der Waals surface area contributed by atoms with Crippen molar-refractivity contribution in [1.29, 1.82) is 0 Å². The zero-order valence-corrected chi connectivity index (χ0v) is 55.8. The second-order valence-corrected chi connectivity index (χ2v) is 26.6. The van der Waals surface area contributed by atoms with Crippen molar-refractivity contribution < 1.29 is 66.9 Å². The van der Waals surface area contributed by atoms with Crippen LogP contribution >= 0.6 is 23.5 Å². The SMILES string of the molecule is C[C@@H](O)[C@@H]1NC(=O)[C@H](Cc2c[nH]c3ccc(F)cc23)NC(=O)[C@H](Cc2c[nH]c3ccc(F)cc23)NC(=O)CNC(=O)[C@H](CCCCN)NC(=O)CCSCc2cccc(c2)CSC[C@@H](C(N)=O)NC(=O)[C@@H]2CCCN2C(=O)[C@H](Cc2ccc(O)cc2)NC(=O)[C@H](Cc2cnc[nH]2)NC1=O. The number of primary amides is 1. The van der Waals surface area contributed by atoms with E-state index in [0.717, 1.165) is 11.1 Å². The molecule has 0 saturated carbocycles. The van der Waals surface area contributed by atoms with Crippen LogP contribution in [-0.2, 0) is 85.1 Å². The lowest BCUT2D eigenvalue weighted by Gasteiger charge is -2.31. The van der Waals surface area contributed by atoms with Crippen LogP contribution in [-0.4, -0.2) is 180 Å². The lowest BCUT2D eigenvalue weighted by molar-refractivity contribution is -0.142. The van der Waals surface area contributed by atoms with Gasteiger partial charge < -0.3 is 84.1 Å². The van der Waals surface area contributed by atoms with Crippen LogP contribution in [0.4, 0.5) is 8.78 Å². The maximum absolute atomic E-state index is 15.0. The number of imidazole rings is 1. The van der Waals surface area contributed by atoms with Gasteiger partial charge in [0, 0.05) is 108 Å². The zero-order chi connectivity index (χ0) is 70.7. The molecule has 5 heterocycles. The number of aromatic hydroxyl groups is 1. The van der Waals surface area contributed by atoms with Crippen molar-refractivity contribution in [3.63, 3.8) is 0 Å². The Bertz CT molecular complexity index is 4020. The van der Waals surface area contributed by atoms with Gasteiger partial charge in [0.15, 0.2) is 0 Å². The number of aliphatic hydroxyl groups is 1. The minimum atomic E-state index is -1.91. The number of halogens is 2. The van der Waals surface area contributed by atoms with Gasteiger partial charge in [0.1, 0.15) is 65.7 Å². The number of benzene rings is 4. The first kappa shape index (κ1) is 73.4. The fourth-order valence-electron chi connectivity index (χ4n) is 11.8. The van der Waals surface area contributed by atoms with E-state index in [9.17, 15) is 52.6 Å². The number of aromatic nitrogens is 4. The minimum absolute atomic E-state index is 0.0239. The van der Waals surface area contributed by atoms with Crippen LogP contribution in [0.3, 0.4) is 0 Å². The van der Waals surface area contributed by atoms with E-state index in [-0.39, 0.29) is 56.6 Å². The second-order valence-electron chi connectivity index (χ2n) is 24.5. The van der Waals surface area contributed by atoms with Gasteiger partial charge in [-0.3, -0.25) is 47.9 Å². The van der Waals surface area contributed by atoms with Gasteiger partial charge in [-0.15, -0.1) is 0 Å². The number of amides is 10. The van der Waals surface area contributed by atoms with Gasteiger partial charge in [-0.1, -0.05) is 36.4 Å². The smallest absolute Gasteiger partial charge is 0.246 e. The van der Waals surface area contributed by atoms with Crippen LogP contribution in [0.1, 0.15) is 79.0 Å². The van der Waals surface area contributed by atoms with Crippen LogP contribution in [0.15, 0.2) is 110 Å². The predicted octanol–water partition coefficient (Wildman–Crippen LogP) is 1.69. The fraction of sp³-hybridized carbons (Fsp3) is 0.397. The number of rotatable bonds is 14. The maximum Gasteiger partial charge on any atom is 0.246 e. The van der Waals surface area contributed by atoms with Gasteiger partial charge in [-0.2, -0.15) is 23.5 Å². The van der Waals surface area contributed by atoms with E-state index in [1.807, 2.05) is 24.3 Å². The Morgan fingerprint density at radius 1 is 0.657 bits per heavy atom. The van der Waals surface area contributed by atoms with Crippen LogP contribution in [0.5, 0.6) is 5.75 Å². The summed E-state index contributed by atoms with van der Waals surface area (Å²) in [5.74, 6) is -8.42. The summed E-state index contributed by atoms with van der Waals surface area (Å²) in [6.45, 7) is 0.831. The summed E-state index contributed by atoms with van der Waals surface area (Å²) < 4.78 is 29.8. The average molecular weight is 1400 g/mol. The minimum Gasteiger partial charge on any atom is -0.508 e. The summed E-state index contributed by atoms with van der Waals surface area (Å²) in [6.07, 6.45) is 4.35. The van der Waals surface area contributed by atoms with Crippen molar-refractivity contribution in [3.8, 4) is 5.75 Å². The number of phenols is 1. The maximum atomic E-state index is 15.0. The van der Waals surface area contributed by atoms with Gasteiger partial charge >= 0.3 is 0 Å². The van der Waals surface area contributed by atoms with Gasteiger partial charge in [0.25, 0.3) is 0 Å². The topological polar surface area (TPSA) is 423 Å². The fourth-order valence-corrected chi connectivity index (χ4v) is 13.8. The molecule has 0 unspecified atom stereocenters. The number of phenolic OH excluding ortho intramolecular Hbond substituents is 1. The first-order valence-corrected chi connectivity index (χ1v) is 34.8. The molecular formula is C68H81F2N15O12S2. The normalized spacial score (nSPS) is 22.6. The third kappa shape index (κ3) is 20.6. The first-order chi connectivity index (χ1) is 47.6. The van der Waals surface area contributed by atoms with Gasteiger partial charge in [-0.05, 0) is 122 Å². The molecule has 0 aliphatic carbocycles. The Hall–Kier alpha value is -9.85. The van der Waals surface area contributed by atoms with Crippen molar-refractivity contribution in [3.05, 3.63) is 155 Å². The highest BCUT2D eigenvalue weighted by atomic mass is 32.2. The van der Waals surface area contributed by atoms with Crippen molar-refractivity contribution >= 4 is 104 Å². The largest absolute Gasteiger partial charge is 0.508 e. The summed E-state index contributed by atoms with van der Waals surface area (Å²) in [6, 6.07) is 9.59. The molecule has 99 heavy (non-hydrogen) atoms. The number of carbonyl (C=O) groups excluding carboxylic acids is 10. The Labute approximate surface area is 576 Å². The summed E-state index contributed by atoms with van der Waals surface area (Å²) in [7, 11) is 0. The molecule has 2 aliphatic rings. The molecule has 7 aromatic rings. The van der Waals surface area contributed by atoms with E-state index in [4.69, 9.17) is 11.5 Å². The molecular weight excluding hydrogens is 1320 g/mol. The molecule has 526 valence electrons. The van der Waals surface area contributed by atoms with E-state index in [1.54, 1.807) is 0 Å². The number of aromatic amines is 3. The number of nitrogens with zero attached hydrogens (tertiary/aromatic N) is 2. The van der Waals surface area contributed by atoms with E-state index in [1.165, 1.54) is 121 Å². The van der Waals surface area contributed by atoms with Crippen LogP contribution in [0.25, 0.3) is 21.8 Å². The lowest BCUT2D eigenvalue weighted by atomic mass is 10.0. The number of thioether (sulfide) groups is 2. The quantitative estimate of drug-likeness (QED) is 0.0689. The van der Waals surface area contributed by atoms with Gasteiger partial charge in [0.2, 0.25) is 59.1 Å². The van der Waals surface area contributed by atoms with Crippen molar-refractivity contribution in [2.24, 2.45) is 11.5 Å². The molecule has 27 nitrogen and oxygen atoms in total. The van der Waals surface area contributed by atoms with Gasteiger partial charge in [0.05, 0.1) is 19.0 Å². The highest BCUT2D eigenvalue weighted by Crippen LogP contribution is 2.26. The van der Waals surface area contributed by atoms with Crippen molar-refractivity contribution in [2.45, 2.75) is 137 Å². The van der Waals surface area contributed by atoms with Gasteiger partial charge in [-0.25, -0.2) is 13.8 Å². The summed E-state index contributed by atoms with van der Waals surface area (Å²) in [5, 5.41) is 43.5. The highest BCUT2D eigenvalue weighted by molar-refractivity contribution is 7.98. The number of hydrogen-bond acceptors (Lipinski definition) is 16. The monoisotopic (exact) mass is 1400 g/mol. The number of carbonyl (C=O) groups is 10. The molecule has 1 saturated heterocycles.